The third-order valence-corrected chi connectivity index (χ3v) is 4.00. The number of carbonyl (C=O) groups excluding carboxylic acids is 1. The van der Waals surface area contributed by atoms with E-state index in [4.69, 9.17) is 4.42 Å². The van der Waals surface area contributed by atoms with Gasteiger partial charge in [-0.15, -0.1) is 0 Å². The first-order chi connectivity index (χ1) is 8.84. The Kier molecular flexibility index (Phi) is 3.37. The molecule has 2 heterocycles. The molecule has 98 valence electrons. The highest BCUT2D eigenvalue weighted by Crippen LogP contribution is 2.30. The van der Waals surface area contributed by atoms with Gasteiger partial charge < -0.3 is 15.1 Å². The van der Waals surface area contributed by atoms with Gasteiger partial charge >= 0.3 is 0 Å². The summed E-state index contributed by atoms with van der Waals surface area (Å²) in [4.78, 5) is 12.2. The normalized spacial score (nSPS) is 27.6. The van der Waals surface area contributed by atoms with Gasteiger partial charge in [0.05, 0.1) is 18.3 Å². The van der Waals surface area contributed by atoms with Crippen molar-refractivity contribution in [3.8, 4) is 0 Å². The van der Waals surface area contributed by atoms with E-state index in [2.05, 4.69) is 10.6 Å². The molecule has 0 aromatic carbocycles. The van der Waals surface area contributed by atoms with E-state index in [-0.39, 0.29) is 18.0 Å². The summed E-state index contributed by atoms with van der Waals surface area (Å²) in [6.45, 7) is 0.958. The first-order valence-corrected chi connectivity index (χ1v) is 6.94. The second kappa shape index (κ2) is 5.14. The minimum absolute atomic E-state index is 0.00368. The summed E-state index contributed by atoms with van der Waals surface area (Å²) in [5.41, 5.74) is 1.17. The molecule has 1 aliphatic carbocycles. The number of carbonyl (C=O) groups is 1. The number of aryl methyl sites for hydroxylation is 1. The van der Waals surface area contributed by atoms with Crippen molar-refractivity contribution < 1.29 is 9.21 Å². The van der Waals surface area contributed by atoms with Crippen molar-refractivity contribution in [1.29, 1.82) is 0 Å². The number of hydrogen-bond donors (Lipinski definition) is 2. The molecule has 3 rings (SSSR count). The van der Waals surface area contributed by atoms with Gasteiger partial charge in [0.2, 0.25) is 5.91 Å². The van der Waals surface area contributed by atoms with Crippen molar-refractivity contribution >= 4 is 5.91 Å². The monoisotopic (exact) mass is 248 g/mol. The molecule has 1 saturated heterocycles. The largest absolute Gasteiger partial charge is 0.469 e. The van der Waals surface area contributed by atoms with Gasteiger partial charge in [-0.3, -0.25) is 4.79 Å². The van der Waals surface area contributed by atoms with Gasteiger partial charge in [0.15, 0.2) is 0 Å². The molecule has 2 unspecified atom stereocenters. The van der Waals surface area contributed by atoms with Crippen molar-refractivity contribution in [1.82, 2.24) is 10.6 Å². The molecule has 4 heteroatoms. The Morgan fingerprint density at radius 1 is 1.33 bits per heavy atom. The molecule has 2 atom stereocenters. The van der Waals surface area contributed by atoms with Gasteiger partial charge in [-0.1, -0.05) is 6.42 Å². The number of nitrogens with one attached hydrogen (secondary N) is 2. The molecule has 0 radical (unpaired) electrons. The summed E-state index contributed by atoms with van der Waals surface area (Å²) in [6, 6.07) is 2.13. The van der Waals surface area contributed by atoms with Crippen LogP contribution in [0.5, 0.6) is 0 Å². The van der Waals surface area contributed by atoms with Crippen molar-refractivity contribution in [3.05, 3.63) is 23.7 Å². The third-order valence-electron chi connectivity index (χ3n) is 4.00. The SMILES string of the molecule is O=C(NC1CCCc2occc21)C1CCCCN1. The van der Waals surface area contributed by atoms with Gasteiger partial charge in [-0.05, 0) is 38.3 Å². The van der Waals surface area contributed by atoms with Gasteiger partial charge in [0.25, 0.3) is 0 Å². The highest BCUT2D eigenvalue weighted by atomic mass is 16.3. The Morgan fingerprint density at radius 2 is 2.28 bits per heavy atom. The Balaban J connectivity index is 1.65. The fourth-order valence-electron chi connectivity index (χ4n) is 2.98. The van der Waals surface area contributed by atoms with Crippen LogP contribution in [0, 0.1) is 0 Å². The summed E-state index contributed by atoms with van der Waals surface area (Å²) >= 11 is 0. The maximum Gasteiger partial charge on any atom is 0.237 e. The summed E-state index contributed by atoms with van der Waals surface area (Å²) < 4.78 is 5.45. The number of amides is 1. The van der Waals surface area contributed by atoms with Crippen molar-refractivity contribution in [2.24, 2.45) is 0 Å². The average molecular weight is 248 g/mol. The Bertz CT molecular complexity index is 421. The number of fused-ring (bicyclic) bond motifs is 1. The molecule has 18 heavy (non-hydrogen) atoms. The molecule has 1 fully saturated rings. The maximum absolute atomic E-state index is 12.2. The molecule has 1 aromatic heterocycles. The van der Waals surface area contributed by atoms with Gasteiger partial charge in [-0.2, -0.15) is 0 Å². The topological polar surface area (TPSA) is 54.3 Å². The van der Waals surface area contributed by atoms with Gasteiger partial charge in [0.1, 0.15) is 5.76 Å². The van der Waals surface area contributed by atoms with E-state index in [1.807, 2.05) is 6.07 Å². The second-order valence-corrected chi connectivity index (χ2v) is 5.26. The zero-order valence-electron chi connectivity index (χ0n) is 10.6. The predicted molar refractivity (Wildman–Crippen MR) is 68.2 cm³/mol. The fraction of sp³-hybridized carbons (Fsp3) is 0.643. The molecule has 0 saturated carbocycles. The van der Waals surface area contributed by atoms with E-state index in [1.165, 1.54) is 12.0 Å². The van der Waals surface area contributed by atoms with Crippen LogP contribution >= 0.6 is 0 Å². The fourth-order valence-corrected chi connectivity index (χ4v) is 2.98. The zero-order chi connectivity index (χ0) is 12.4. The van der Waals surface area contributed by atoms with Crippen molar-refractivity contribution in [3.63, 3.8) is 0 Å². The number of piperidine rings is 1. The first-order valence-electron chi connectivity index (χ1n) is 6.94. The summed E-state index contributed by atoms with van der Waals surface area (Å²) in [7, 11) is 0. The number of rotatable bonds is 2. The summed E-state index contributed by atoms with van der Waals surface area (Å²) in [5, 5.41) is 6.46. The van der Waals surface area contributed by atoms with Crippen LogP contribution in [0.4, 0.5) is 0 Å². The van der Waals surface area contributed by atoms with Crippen LogP contribution in [0.25, 0.3) is 0 Å². The minimum Gasteiger partial charge on any atom is -0.469 e. The predicted octanol–water partition coefficient (Wildman–Crippen LogP) is 1.92. The third kappa shape index (κ3) is 2.29. The summed E-state index contributed by atoms with van der Waals surface area (Å²) in [5.74, 6) is 1.19. The lowest BCUT2D eigenvalue weighted by Crippen LogP contribution is -2.47. The molecule has 1 aliphatic heterocycles. The molecule has 2 aliphatic rings. The van der Waals surface area contributed by atoms with Crippen LogP contribution in [0.1, 0.15) is 49.5 Å². The highest BCUT2D eigenvalue weighted by molar-refractivity contribution is 5.82. The van der Waals surface area contributed by atoms with E-state index in [9.17, 15) is 4.79 Å². The van der Waals surface area contributed by atoms with E-state index in [1.54, 1.807) is 6.26 Å². The summed E-state index contributed by atoms with van der Waals surface area (Å²) in [6.07, 6.45) is 8.11. The average Bonchev–Trinajstić information content (AvgIpc) is 2.89. The van der Waals surface area contributed by atoms with E-state index >= 15 is 0 Å². The number of furan rings is 1. The maximum atomic E-state index is 12.2. The quantitative estimate of drug-likeness (QED) is 0.840. The van der Waals surface area contributed by atoms with Crippen molar-refractivity contribution in [2.45, 2.75) is 50.6 Å². The Labute approximate surface area is 107 Å². The molecule has 1 amide bonds. The van der Waals surface area contributed by atoms with E-state index in [0.717, 1.165) is 44.4 Å². The van der Waals surface area contributed by atoms with Crippen LogP contribution in [-0.4, -0.2) is 18.5 Å². The molecule has 2 N–H and O–H groups in total. The lowest BCUT2D eigenvalue weighted by molar-refractivity contribution is -0.124. The van der Waals surface area contributed by atoms with Crippen LogP contribution < -0.4 is 10.6 Å². The highest BCUT2D eigenvalue weighted by Gasteiger charge is 2.27. The lowest BCUT2D eigenvalue weighted by Gasteiger charge is -2.27. The van der Waals surface area contributed by atoms with Crippen LogP contribution in [-0.2, 0) is 11.2 Å². The standard InChI is InChI=1S/C14H20N2O2/c17-14(12-4-1-2-8-15-12)16-11-5-3-6-13-10(11)7-9-18-13/h7,9,11-12,15H,1-6,8H2,(H,16,17). The first kappa shape index (κ1) is 11.8. The lowest BCUT2D eigenvalue weighted by atomic mass is 9.93. The molecule has 4 nitrogen and oxygen atoms in total. The molecular weight excluding hydrogens is 228 g/mol. The second-order valence-electron chi connectivity index (χ2n) is 5.26. The van der Waals surface area contributed by atoms with Crippen molar-refractivity contribution in [2.75, 3.05) is 6.54 Å². The van der Waals surface area contributed by atoms with E-state index < -0.39 is 0 Å². The number of hydrogen-bond acceptors (Lipinski definition) is 3. The Hall–Kier alpha value is -1.29. The zero-order valence-corrected chi connectivity index (χ0v) is 10.6. The Morgan fingerprint density at radius 3 is 3.11 bits per heavy atom. The van der Waals surface area contributed by atoms with Crippen LogP contribution in [0.2, 0.25) is 0 Å². The molecule has 0 spiro atoms. The smallest absolute Gasteiger partial charge is 0.237 e. The molecule has 1 aromatic rings. The van der Waals surface area contributed by atoms with Gasteiger partial charge in [-0.25, -0.2) is 0 Å². The molecular formula is C14H20N2O2. The van der Waals surface area contributed by atoms with Crippen LogP contribution in [0.3, 0.4) is 0 Å². The van der Waals surface area contributed by atoms with E-state index in [0.29, 0.717) is 0 Å². The van der Waals surface area contributed by atoms with Gasteiger partial charge in [0, 0.05) is 12.0 Å². The van der Waals surface area contributed by atoms with Crippen LogP contribution in [0.15, 0.2) is 16.7 Å². The minimum atomic E-state index is -0.00368. The molecule has 0 bridgehead atoms.